The Bertz CT molecular complexity index is 1700. The van der Waals surface area contributed by atoms with Crippen molar-refractivity contribution in [3.05, 3.63) is 69.9 Å². The van der Waals surface area contributed by atoms with Crippen molar-refractivity contribution < 1.29 is 14.4 Å². The van der Waals surface area contributed by atoms with Gasteiger partial charge < -0.3 is 5.73 Å². The molecule has 6 aliphatic rings. The summed E-state index contributed by atoms with van der Waals surface area (Å²) < 4.78 is 2.69. The van der Waals surface area contributed by atoms with Gasteiger partial charge in [0.2, 0.25) is 0 Å². The van der Waals surface area contributed by atoms with Gasteiger partial charge in [-0.3, -0.25) is 14.6 Å². The van der Waals surface area contributed by atoms with E-state index >= 15 is 0 Å². The number of ketones is 1. The molecular weight excluding hydrogens is 658 g/mol. The predicted molar refractivity (Wildman–Crippen MR) is 203 cm³/mol. The molecule has 6 fully saturated rings. The quantitative estimate of drug-likeness (QED) is 0.214. The van der Waals surface area contributed by atoms with E-state index in [1.54, 1.807) is 11.3 Å². The van der Waals surface area contributed by atoms with E-state index in [1.807, 2.05) is 11.3 Å². The van der Waals surface area contributed by atoms with Gasteiger partial charge in [0.25, 0.3) is 0 Å². The number of halogens is 1. The highest BCUT2D eigenvalue weighted by Gasteiger charge is 2.48. The molecule has 4 aromatic rings. The van der Waals surface area contributed by atoms with E-state index in [9.17, 15) is 4.79 Å². The Morgan fingerprint density at radius 3 is 1.81 bits per heavy atom. The molecule has 0 aliphatic carbocycles. The van der Waals surface area contributed by atoms with Crippen molar-refractivity contribution >= 4 is 67.2 Å². The Balaban J connectivity index is 0.000000173. The number of carbonyl (C=O) groups is 1. The second-order valence-corrected chi connectivity index (χ2v) is 16.8. The van der Waals surface area contributed by atoms with E-state index in [0.29, 0.717) is 24.2 Å². The molecule has 0 saturated carbocycles. The predicted octanol–water partition coefficient (Wildman–Crippen LogP) is 8.77. The Hall–Kier alpha value is -2.42. The summed E-state index contributed by atoms with van der Waals surface area (Å²) in [4.78, 5) is 35.3. The van der Waals surface area contributed by atoms with Gasteiger partial charge in [0.15, 0.2) is 5.78 Å². The molecular formula is C39H52ClN3O3S2. The minimum absolute atomic E-state index is 0. The number of thiophene rings is 2. The lowest BCUT2D eigenvalue weighted by Crippen LogP contribution is -2.67. The Morgan fingerprint density at radius 2 is 1.33 bits per heavy atom. The SMILES string of the molecule is CC1(C)[C@H](N)C2CCN1CC2.Cc1cccc2cc(C(=O)C[C@@H]3C4CCN(CC4)C3(C)C)sc12.Cc1cccc2ccsc12.Cl.O=C=O. The van der Waals surface area contributed by atoms with Crippen LogP contribution in [0.3, 0.4) is 0 Å². The highest BCUT2D eigenvalue weighted by Crippen LogP contribution is 2.46. The van der Waals surface area contributed by atoms with Crippen molar-refractivity contribution in [2.45, 2.75) is 90.8 Å². The number of aryl methyl sites for hydroxylation is 2. The lowest BCUT2D eigenvalue weighted by molar-refractivity contribution is -0.191. The monoisotopic (exact) mass is 709 g/mol. The molecule has 2 N–H and O–H groups in total. The zero-order valence-corrected chi connectivity index (χ0v) is 31.7. The van der Waals surface area contributed by atoms with Crippen LogP contribution in [-0.4, -0.2) is 65.0 Å². The third-order valence-corrected chi connectivity index (χ3v) is 14.0. The van der Waals surface area contributed by atoms with Crippen LogP contribution >= 0.6 is 35.1 Å². The topological polar surface area (TPSA) is 83.7 Å². The Kier molecular flexibility index (Phi) is 12.9. The van der Waals surface area contributed by atoms with Crippen molar-refractivity contribution in [1.82, 2.24) is 9.80 Å². The van der Waals surface area contributed by atoms with Gasteiger partial charge >= 0.3 is 6.15 Å². The smallest absolute Gasteiger partial charge is 0.326 e. The Labute approximate surface area is 300 Å². The van der Waals surface area contributed by atoms with Gasteiger partial charge in [-0.1, -0.05) is 36.4 Å². The van der Waals surface area contributed by atoms with Crippen LogP contribution in [0.5, 0.6) is 0 Å². The second-order valence-electron chi connectivity index (χ2n) is 14.8. The molecule has 0 spiro atoms. The summed E-state index contributed by atoms with van der Waals surface area (Å²) >= 11 is 3.49. The molecule has 260 valence electrons. The van der Waals surface area contributed by atoms with Gasteiger partial charge in [-0.25, -0.2) is 0 Å². The van der Waals surface area contributed by atoms with Gasteiger partial charge in [0.1, 0.15) is 0 Å². The number of hydrogen-bond donors (Lipinski definition) is 1. The van der Waals surface area contributed by atoms with Gasteiger partial charge in [-0.05, 0) is 151 Å². The zero-order valence-electron chi connectivity index (χ0n) is 29.3. The first-order valence-electron chi connectivity index (χ1n) is 17.1. The van der Waals surface area contributed by atoms with E-state index < -0.39 is 0 Å². The number of fused-ring (bicyclic) bond motifs is 8. The molecule has 6 aliphatic heterocycles. The maximum Gasteiger partial charge on any atom is 0.373 e. The summed E-state index contributed by atoms with van der Waals surface area (Å²) in [6, 6.07) is 17.4. The van der Waals surface area contributed by atoms with Crippen LogP contribution in [0.1, 0.15) is 80.6 Å². The third kappa shape index (κ3) is 7.97. The largest absolute Gasteiger partial charge is 0.373 e. The minimum Gasteiger partial charge on any atom is -0.326 e. The van der Waals surface area contributed by atoms with Crippen molar-refractivity contribution in [2.75, 3.05) is 26.2 Å². The summed E-state index contributed by atoms with van der Waals surface area (Å²) in [7, 11) is 0. The number of nitrogens with zero attached hydrogens (tertiary/aromatic N) is 2. The molecule has 2 atom stereocenters. The first-order valence-corrected chi connectivity index (χ1v) is 18.8. The summed E-state index contributed by atoms with van der Waals surface area (Å²) in [5, 5.41) is 4.72. The standard InChI is InChI=1S/C20H25NOS.C9H18N2.C9H8S.CO2.ClH/c1-13-5-4-6-15-11-18(23-19(13)15)17(22)12-16-14-7-9-21(10-8-14)20(16,2)3;1-9(2)8(10)7-3-5-11(9)6-4-7;1-7-3-2-4-8-5-6-10-9(7)8;2-1-3;/h4-6,11,14,16H,7-10,12H2,1-3H3;7-8H,3-6,10H2,1-2H3;2-6H,1H3;;1H/t16-;8-;;;/m11.../s1. The first-order chi connectivity index (χ1) is 22.4. The van der Waals surface area contributed by atoms with Crippen molar-refractivity contribution in [2.24, 2.45) is 23.5 Å². The highest BCUT2D eigenvalue weighted by molar-refractivity contribution is 7.21. The van der Waals surface area contributed by atoms with Crippen LogP contribution in [0.15, 0.2) is 53.9 Å². The lowest BCUT2D eigenvalue weighted by atomic mass is 9.65. The van der Waals surface area contributed by atoms with Crippen LogP contribution < -0.4 is 5.73 Å². The second kappa shape index (κ2) is 16.1. The maximum atomic E-state index is 12.9. The van der Waals surface area contributed by atoms with E-state index in [1.165, 1.54) is 83.2 Å². The van der Waals surface area contributed by atoms with Crippen molar-refractivity contribution in [3.63, 3.8) is 0 Å². The summed E-state index contributed by atoms with van der Waals surface area (Å²) in [5.41, 5.74) is 9.25. The highest BCUT2D eigenvalue weighted by atomic mass is 35.5. The van der Waals surface area contributed by atoms with Gasteiger partial charge in [-0.15, -0.1) is 35.1 Å². The molecule has 0 radical (unpaired) electrons. The number of piperidine rings is 6. The maximum absolute atomic E-state index is 12.9. The first kappa shape index (κ1) is 38.4. The average molecular weight is 710 g/mol. The fourth-order valence-electron chi connectivity index (χ4n) is 8.52. The fraction of sp³-hybridized carbons (Fsp3) is 0.538. The van der Waals surface area contributed by atoms with Gasteiger partial charge in [0.05, 0.1) is 4.88 Å². The Morgan fingerprint density at radius 1 is 0.812 bits per heavy atom. The van der Waals surface area contributed by atoms with Crippen LogP contribution in [0, 0.1) is 31.6 Å². The average Bonchev–Trinajstić information content (AvgIpc) is 3.72. The number of Topliss-reactive ketones (excluding diaryl/α,β-unsaturated/α-hetero) is 1. The van der Waals surface area contributed by atoms with Crippen molar-refractivity contribution in [1.29, 1.82) is 0 Å². The van der Waals surface area contributed by atoms with E-state index in [-0.39, 0.29) is 29.6 Å². The van der Waals surface area contributed by atoms with E-state index in [2.05, 4.69) is 105 Å². The van der Waals surface area contributed by atoms with Gasteiger partial charge in [-0.2, -0.15) is 9.59 Å². The van der Waals surface area contributed by atoms with E-state index in [4.69, 9.17) is 15.3 Å². The molecule has 10 rings (SSSR count). The van der Waals surface area contributed by atoms with Crippen LogP contribution in [-0.2, 0) is 9.59 Å². The molecule has 4 bridgehead atoms. The minimum atomic E-state index is 0. The molecule has 0 unspecified atom stereocenters. The summed E-state index contributed by atoms with van der Waals surface area (Å²) in [6.45, 7) is 18.5. The number of benzene rings is 2. The normalized spacial score (nSPS) is 27.2. The van der Waals surface area contributed by atoms with Crippen LogP contribution in [0.2, 0.25) is 0 Å². The van der Waals surface area contributed by atoms with Crippen molar-refractivity contribution in [3.8, 4) is 0 Å². The van der Waals surface area contributed by atoms with Crippen LogP contribution in [0.4, 0.5) is 0 Å². The summed E-state index contributed by atoms with van der Waals surface area (Å²) in [6.07, 6.45) is 6.15. The molecule has 6 saturated heterocycles. The molecule has 0 amide bonds. The zero-order chi connectivity index (χ0) is 33.9. The number of rotatable bonds is 3. The molecule has 9 heteroatoms. The van der Waals surface area contributed by atoms with E-state index in [0.717, 1.165) is 16.7 Å². The van der Waals surface area contributed by atoms with Gasteiger partial charge in [0, 0.05) is 32.9 Å². The molecule has 2 aromatic carbocycles. The summed E-state index contributed by atoms with van der Waals surface area (Å²) in [5.74, 6) is 2.38. The number of carbonyl (C=O) groups excluding carboxylic acids is 3. The number of nitrogens with two attached hydrogens (primary N) is 1. The third-order valence-electron chi connectivity index (χ3n) is 11.6. The molecule has 6 nitrogen and oxygen atoms in total. The molecule has 8 heterocycles. The lowest BCUT2D eigenvalue weighted by Gasteiger charge is -2.56. The van der Waals surface area contributed by atoms with Crippen LogP contribution in [0.25, 0.3) is 20.2 Å². The fourth-order valence-corrected chi connectivity index (χ4v) is 10.5. The number of hydrogen-bond acceptors (Lipinski definition) is 8. The molecule has 2 aromatic heterocycles. The molecule has 48 heavy (non-hydrogen) atoms.